The van der Waals surface area contributed by atoms with Gasteiger partial charge >= 0.3 is 6.18 Å². The minimum Gasteiger partial charge on any atom is -0.494 e. The van der Waals surface area contributed by atoms with Crippen molar-refractivity contribution in [2.75, 3.05) is 17.2 Å². The Labute approximate surface area is 169 Å². The van der Waals surface area contributed by atoms with E-state index in [-0.39, 0.29) is 17.8 Å². The molecule has 10 heteroatoms. The zero-order valence-electron chi connectivity index (χ0n) is 15.9. The van der Waals surface area contributed by atoms with Crippen molar-refractivity contribution in [3.63, 3.8) is 0 Å². The molecule has 0 saturated carbocycles. The van der Waals surface area contributed by atoms with E-state index in [0.29, 0.717) is 23.8 Å². The Kier molecular flexibility index (Phi) is 5.15. The summed E-state index contributed by atoms with van der Waals surface area (Å²) < 4.78 is 52.4. The molecule has 7 nitrogen and oxygen atoms in total. The van der Waals surface area contributed by atoms with E-state index in [0.717, 1.165) is 10.9 Å². The number of hydrogen-bond donors (Lipinski definition) is 2. The van der Waals surface area contributed by atoms with Gasteiger partial charge in [-0.15, -0.1) is 0 Å². The van der Waals surface area contributed by atoms with Crippen LogP contribution in [0.25, 0.3) is 0 Å². The number of amides is 1. The van der Waals surface area contributed by atoms with Crippen molar-refractivity contribution in [2.45, 2.75) is 31.6 Å². The summed E-state index contributed by atoms with van der Waals surface area (Å²) in [5, 5.41) is 9.49. The molecule has 30 heavy (non-hydrogen) atoms. The number of aromatic nitrogens is 2. The summed E-state index contributed by atoms with van der Waals surface area (Å²) in [6, 6.07) is 7.26. The van der Waals surface area contributed by atoms with Crippen molar-refractivity contribution >= 4 is 17.4 Å². The van der Waals surface area contributed by atoms with Crippen molar-refractivity contribution in [1.82, 2.24) is 9.78 Å². The van der Waals surface area contributed by atoms with E-state index in [9.17, 15) is 18.0 Å². The highest BCUT2D eigenvalue weighted by atomic mass is 19.4. The first-order valence-corrected chi connectivity index (χ1v) is 9.35. The first kappa shape index (κ1) is 19.9. The Bertz CT molecular complexity index is 1010. The fourth-order valence-electron chi connectivity index (χ4n) is 3.40. The highest BCUT2D eigenvalue weighted by Crippen LogP contribution is 2.44. The second-order valence-corrected chi connectivity index (χ2v) is 6.77. The van der Waals surface area contributed by atoms with Gasteiger partial charge in [-0.1, -0.05) is 0 Å². The number of nitrogens with zero attached hydrogens (tertiary/aromatic N) is 2. The van der Waals surface area contributed by atoms with Gasteiger partial charge in [-0.05, 0) is 43.3 Å². The molecular weight excluding hydrogens is 401 g/mol. The molecule has 0 fully saturated rings. The number of ether oxygens (including phenoxy) is 1. The monoisotopic (exact) mass is 420 g/mol. The Morgan fingerprint density at radius 1 is 1.33 bits per heavy atom. The van der Waals surface area contributed by atoms with Crippen LogP contribution in [-0.4, -0.2) is 28.5 Å². The summed E-state index contributed by atoms with van der Waals surface area (Å²) in [5.41, 5.74) is 0.489. The number of nitrogens with one attached hydrogen (secondary N) is 2. The van der Waals surface area contributed by atoms with Gasteiger partial charge in [0.15, 0.2) is 6.04 Å². The fourth-order valence-corrected chi connectivity index (χ4v) is 3.40. The average Bonchev–Trinajstić information content (AvgIpc) is 3.38. The van der Waals surface area contributed by atoms with Gasteiger partial charge < -0.3 is 19.8 Å². The summed E-state index contributed by atoms with van der Waals surface area (Å²) >= 11 is 0. The zero-order chi connectivity index (χ0) is 21.3. The standard InChI is InChI=1S/C20H19F3N4O3/c1-2-29-13-7-5-12(6-8-13)25-19(28)14-11-24-27-17(20(21,22)23)10-15(26-18(14)27)16-4-3-9-30-16/h3-9,11,15,17,26H,2,10H2,1H3,(H,25,28)/t15-,17-/m1/s1. The van der Waals surface area contributed by atoms with Gasteiger partial charge in [-0.3, -0.25) is 4.79 Å². The minimum absolute atomic E-state index is 0.00610. The molecule has 0 radical (unpaired) electrons. The lowest BCUT2D eigenvalue weighted by atomic mass is 10.0. The van der Waals surface area contributed by atoms with Crippen LogP contribution in [0.15, 0.2) is 53.3 Å². The van der Waals surface area contributed by atoms with Crippen LogP contribution in [-0.2, 0) is 0 Å². The number of hydrogen-bond acceptors (Lipinski definition) is 5. The molecule has 2 aromatic heterocycles. The molecule has 0 spiro atoms. The summed E-state index contributed by atoms with van der Waals surface area (Å²) in [6.07, 6.45) is -2.30. The van der Waals surface area contributed by atoms with Crippen LogP contribution in [0, 0.1) is 0 Å². The lowest BCUT2D eigenvalue weighted by Crippen LogP contribution is -2.36. The Balaban J connectivity index is 1.61. The lowest BCUT2D eigenvalue weighted by molar-refractivity contribution is -0.174. The van der Waals surface area contributed by atoms with Crippen LogP contribution in [0.2, 0.25) is 0 Å². The number of alkyl halides is 3. The quantitative estimate of drug-likeness (QED) is 0.621. The van der Waals surface area contributed by atoms with E-state index >= 15 is 0 Å². The third-order valence-corrected chi connectivity index (χ3v) is 4.79. The molecule has 0 bridgehead atoms. The SMILES string of the molecule is CCOc1ccc(NC(=O)c2cnn3c2N[C@@H](c2ccco2)C[C@@H]3C(F)(F)F)cc1. The van der Waals surface area contributed by atoms with Gasteiger partial charge in [0.25, 0.3) is 5.91 Å². The fraction of sp³-hybridized carbons (Fsp3) is 0.300. The molecule has 1 aromatic carbocycles. The summed E-state index contributed by atoms with van der Waals surface area (Å²) in [6.45, 7) is 2.37. The van der Waals surface area contributed by atoms with Gasteiger partial charge in [-0.2, -0.15) is 18.3 Å². The molecule has 158 valence electrons. The number of carbonyl (C=O) groups is 1. The number of halogens is 3. The molecule has 2 N–H and O–H groups in total. The molecular formula is C20H19F3N4O3. The maximum Gasteiger partial charge on any atom is 0.410 e. The minimum atomic E-state index is -4.53. The van der Waals surface area contributed by atoms with Crippen LogP contribution in [0.5, 0.6) is 5.75 Å². The van der Waals surface area contributed by atoms with E-state index in [1.807, 2.05) is 6.92 Å². The van der Waals surface area contributed by atoms with Crippen LogP contribution >= 0.6 is 0 Å². The lowest BCUT2D eigenvalue weighted by Gasteiger charge is -2.32. The van der Waals surface area contributed by atoms with Crippen LogP contribution in [0.4, 0.5) is 24.7 Å². The largest absolute Gasteiger partial charge is 0.494 e. The Morgan fingerprint density at radius 2 is 2.10 bits per heavy atom. The van der Waals surface area contributed by atoms with E-state index in [2.05, 4.69) is 15.7 Å². The van der Waals surface area contributed by atoms with Gasteiger partial charge in [0, 0.05) is 12.1 Å². The molecule has 3 heterocycles. The average molecular weight is 420 g/mol. The number of rotatable bonds is 5. The summed E-state index contributed by atoms with van der Waals surface area (Å²) in [5.74, 6) is 0.422. The first-order valence-electron chi connectivity index (χ1n) is 9.35. The molecule has 0 saturated heterocycles. The summed E-state index contributed by atoms with van der Waals surface area (Å²) in [7, 11) is 0. The molecule has 4 rings (SSSR count). The highest BCUT2D eigenvalue weighted by molar-refractivity contribution is 6.07. The molecule has 0 aliphatic carbocycles. The number of fused-ring (bicyclic) bond motifs is 1. The van der Waals surface area contributed by atoms with Gasteiger partial charge in [0.05, 0.1) is 25.1 Å². The Morgan fingerprint density at radius 3 is 2.73 bits per heavy atom. The number of carbonyl (C=O) groups excluding carboxylic acids is 1. The second kappa shape index (κ2) is 7.77. The van der Waals surface area contributed by atoms with Crippen LogP contribution in [0.3, 0.4) is 0 Å². The van der Waals surface area contributed by atoms with Gasteiger partial charge in [0.1, 0.15) is 22.9 Å². The molecule has 0 unspecified atom stereocenters. The van der Waals surface area contributed by atoms with Gasteiger partial charge in [0.2, 0.25) is 0 Å². The van der Waals surface area contributed by atoms with Crippen molar-refractivity contribution in [1.29, 1.82) is 0 Å². The number of furan rings is 1. The Hall–Kier alpha value is -3.43. The number of benzene rings is 1. The van der Waals surface area contributed by atoms with Crippen molar-refractivity contribution < 1.29 is 27.1 Å². The van der Waals surface area contributed by atoms with Crippen molar-refractivity contribution in [3.8, 4) is 5.75 Å². The maximum absolute atomic E-state index is 13.7. The molecule has 1 aliphatic rings. The third kappa shape index (κ3) is 3.85. The predicted octanol–water partition coefficient (Wildman–Crippen LogP) is 4.79. The predicted molar refractivity (Wildman–Crippen MR) is 103 cm³/mol. The van der Waals surface area contributed by atoms with Gasteiger partial charge in [-0.25, -0.2) is 4.68 Å². The number of anilines is 2. The van der Waals surface area contributed by atoms with Crippen molar-refractivity contribution in [3.05, 3.63) is 60.2 Å². The molecule has 1 amide bonds. The van der Waals surface area contributed by atoms with E-state index < -0.39 is 24.2 Å². The zero-order valence-corrected chi connectivity index (χ0v) is 15.9. The smallest absolute Gasteiger partial charge is 0.410 e. The molecule has 2 atom stereocenters. The first-order chi connectivity index (χ1) is 14.4. The second-order valence-electron chi connectivity index (χ2n) is 6.77. The summed E-state index contributed by atoms with van der Waals surface area (Å²) in [4.78, 5) is 12.8. The normalized spacial score (nSPS) is 18.4. The van der Waals surface area contributed by atoms with Crippen LogP contribution in [0.1, 0.15) is 41.5 Å². The van der Waals surface area contributed by atoms with E-state index in [1.165, 1.54) is 6.26 Å². The van der Waals surface area contributed by atoms with Crippen molar-refractivity contribution in [2.24, 2.45) is 0 Å². The highest BCUT2D eigenvalue weighted by Gasteiger charge is 2.47. The van der Waals surface area contributed by atoms with E-state index in [4.69, 9.17) is 9.15 Å². The van der Waals surface area contributed by atoms with Crippen LogP contribution < -0.4 is 15.4 Å². The molecule has 3 aromatic rings. The molecule has 1 aliphatic heterocycles. The third-order valence-electron chi connectivity index (χ3n) is 4.79. The topological polar surface area (TPSA) is 81.3 Å². The van der Waals surface area contributed by atoms with E-state index in [1.54, 1.807) is 36.4 Å². The maximum atomic E-state index is 13.7.